The molecule has 31 heavy (non-hydrogen) atoms. The highest BCUT2D eigenvalue weighted by atomic mass is 35.5. The maximum absolute atomic E-state index is 13.5. The zero-order valence-electron chi connectivity index (χ0n) is 17.3. The van der Waals surface area contributed by atoms with E-state index in [-0.39, 0.29) is 5.02 Å². The number of nitrogens with zero attached hydrogens (tertiary/aromatic N) is 4. The van der Waals surface area contributed by atoms with Crippen LogP contribution in [-0.2, 0) is 0 Å². The summed E-state index contributed by atoms with van der Waals surface area (Å²) in [5.74, 6) is 2.84. The zero-order chi connectivity index (χ0) is 21.2. The molecule has 2 fully saturated rings. The van der Waals surface area contributed by atoms with Gasteiger partial charge in [0.2, 0.25) is 0 Å². The maximum atomic E-state index is 13.5. The summed E-state index contributed by atoms with van der Waals surface area (Å²) in [6, 6.07) is 6.59. The van der Waals surface area contributed by atoms with Crippen LogP contribution < -0.4 is 15.5 Å². The third-order valence-corrected chi connectivity index (χ3v) is 6.89. The van der Waals surface area contributed by atoms with Crippen LogP contribution in [0.25, 0.3) is 10.9 Å². The van der Waals surface area contributed by atoms with Crippen LogP contribution in [0.2, 0.25) is 5.02 Å². The van der Waals surface area contributed by atoms with E-state index in [1.54, 1.807) is 18.3 Å². The van der Waals surface area contributed by atoms with E-state index < -0.39 is 5.82 Å². The number of anilines is 3. The summed E-state index contributed by atoms with van der Waals surface area (Å²) in [5, 5.41) is 7.66. The minimum absolute atomic E-state index is 0.0716. The fraction of sp³-hybridized carbons (Fsp3) is 0.435. The number of hydrogen-bond donors (Lipinski definition) is 2. The number of fused-ring (bicyclic) bond motifs is 1. The summed E-state index contributed by atoms with van der Waals surface area (Å²) in [6.45, 7) is 4.37. The topological polar surface area (TPSA) is 66.0 Å². The molecule has 2 aliphatic rings. The van der Waals surface area contributed by atoms with Crippen molar-refractivity contribution in [2.45, 2.75) is 25.7 Å². The Kier molecular flexibility index (Phi) is 5.87. The van der Waals surface area contributed by atoms with E-state index in [4.69, 9.17) is 11.6 Å². The minimum Gasteiger partial charge on any atom is -0.357 e. The molecule has 162 valence electrons. The third-order valence-electron chi connectivity index (χ3n) is 6.60. The van der Waals surface area contributed by atoms with Crippen molar-refractivity contribution >= 4 is 39.8 Å². The Morgan fingerprint density at radius 3 is 2.55 bits per heavy atom. The molecule has 2 saturated heterocycles. The molecule has 0 atom stereocenters. The van der Waals surface area contributed by atoms with Crippen molar-refractivity contribution in [2.24, 2.45) is 11.8 Å². The summed E-state index contributed by atoms with van der Waals surface area (Å²) in [4.78, 5) is 15.8. The number of hydrogen-bond acceptors (Lipinski definition) is 6. The lowest BCUT2D eigenvalue weighted by Crippen LogP contribution is -2.39. The summed E-state index contributed by atoms with van der Waals surface area (Å²) >= 11 is 5.92. The molecule has 0 spiro atoms. The SMILES string of the molecule is Fc1ccc(Nc2ncnc3cnc(N4CCC(C5CCNCC5)CC4)cc23)cc1Cl. The van der Waals surface area contributed by atoms with Crippen LogP contribution in [0.15, 0.2) is 36.8 Å². The predicted octanol–water partition coefficient (Wildman–Crippen LogP) is 4.78. The van der Waals surface area contributed by atoms with Crippen LogP contribution >= 0.6 is 11.6 Å². The smallest absolute Gasteiger partial charge is 0.141 e. The summed E-state index contributed by atoms with van der Waals surface area (Å²) in [6.07, 6.45) is 8.34. The van der Waals surface area contributed by atoms with Gasteiger partial charge in [0, 0.05) is 24.2 Å². The van der Waals surface area contributed by atoms with Crippen molar-refractivity contribution in [2.75, 3.05) is 36.4 Å². The molecule has 6 nitrogen and oxygen atoms in total. The first kappa shape index (κ1) is 20.4. The molecule has 2 aliphatic heterocycles. The molecule has 2 aromatic heterocycles. The van der Waals surface area contributed by atoms with Crippen LogP contribution in [0.4, 0.5) is 21.7 Å². The standard InChI is InChI=1S/C23H26ClFN6/c24-19-11-17(1-2-20(19)25)30-23-18-12-22(27-13-21(18)28-14-29-23)31-9-5-16(6-10-31)15-3-7-26-8-4-15/h1-2,11-16,26H,3-10H2,(H,28,29,30). The average molecular weight is 441 g/mol. The van der Waals surface area contributed by atoms with Gasteiger partial charge in [0.15, 0.2) is 0 Å². The van der Waals surface area contributed by atoms with Gasteiger partial charge in [-0.05, 0) is 74.9 Å². The molecular weight excluding hydrogens is 415 g/mol. The molecule has 0 bridgehead atoms. The number of rotatable bonds is 4. The molecule has 0 saturated carbocycles. The Hall–Kier alpha value is -2.51. The third kappa shape index (κ3) is 4.43. The summed E-state index contributed by atoms with van der Waals surface area (Å²) in [5.41, 5.74) is 1.44. The Labute approximate surface area is 186 Å². The highest BCUT2D eigenvalue weighted by Gasteiger charge is 2.28. The zero-order valence-corrected chi connectivity index (χ0v) is 18.1. The summed E-state index contributed by atoms with van der Waals surface area (Å²) in [7, 11) is 0. The molecule has 0 amide bonds. The first-order valence-electron chi connectivity index (χ1n) is 11.0. The monoisotopic (exact) mass is 440 g/mol. The van der Waals surface area contributed by atoms with E-state index in [9.17, 15) is 4.39 Å². The molecular formula is C23H26ClFN6. The van der Waals surface area contributed by atoms with Crippen molar-refractivity contribution in [1.82, 2.24) is 20.3 Å². The number of aromatic nitrogens is 3. The number of benzene rings is 1. The first-order valence-corrected chi connectivity index (χ1v) is 11.3. The quantitative estimate of drug-likeness (QED) is 0.608. The molecule has 8 heteroatoms. The van der Waals surface area contributed by atoms with Gasteiger partial charge in [-0.3, -0.25) is 0 Å². The lowest BCUT2D eigenvalue weighted by Gasteiger charge is -2.38. The summed E-state index contributed by atoms with van der Waals surface area (Å²) < 4.78 is 13.5. The van der Waals surface area contributed by atoms with Crippen LogP contribution in [-0.4, -0.2) is 41.1 Å². The average Bonchev–Trinajstić information content (AvgIpc) is 2.82. The second-order valence-corrected chi connectivity index (χ2v) is 8.85. The lowest BCUT2D eigenvalue weighted by molar-refractivity contribution is 0.222. The van der Waals surface area contributed by atoms with Crippen LogP contribution in [0.5, 0.6) is 0 Å². The number of piperidine rings is 2. The lowest BCUT2D eigenvalue weighted by atomic mass is 9.79. The van der Waals surface area contributed by atoms with Gasteiger partial charge in [0.25, 0.3) is 0 Å². The van der Waals surface area contributed by atoms with Gasteiger partial charge in [-0.25, -0.2) is 19.3 Å². The second kappa shape index (κ2) is 8.93. The second-order valence-electron chi connectivity index (χ2n) is 8.45. The Bertz CT molecular complexity index is 1060. The van der Waals surface area contributed by atoms with Crippen molar-refractivity contribution in [1.29, 1.82) is 0 Å². The largest absolute Gasteiger partial charge is 0.357 e. The fourth-order valence-electron chi connectivity index (χ4n) is 4.85. The molecule has 0 unspecified atom stereocenters. The predicted molar refractivity (Wildman–Crippen MR) is 123 cm³/mol. The highest BCUT2D eigenvalue weighted by molar-refractivity contribution is 6.31. The molecule has 0 aliphatic carbocycles. The van der Waals surface area contributed by atoms with Crippen molar-refractivity contribution < 1.29 is 4.39 Å². The van der Waals surface area contributed by atoms with Crippen LogP contribution in [0.1, 0.15) is 25.7 Å². The van der Waals surface area contributed by atoms with E-state index in [0.29, 0.717) is 11.5 Å². The van der Waals surface area contributed by atoms with Crippen LogP contribution in [0.3, 0.4) is 0 Å². The Morgan fingerprint density at radius 1 is 1.00 bits per heavy atom. The van der Waals surface area contributed by atoms with Gasteiger partial charge in [0.1, 0.15) is 23.8 Å². The van der Waals surface area contributed by atoms with Crippen molar-refractivity contribution in [3.8, 4) is 0 Å². The number of nitrogens with one attached hydrogen (secondary N) is 2. The molecule has 1 aromatic carbocycles. The van der Waals surface area contributed by atoms with Crippen molar-refractivity contribution in [3.63, 3.8) is 0 Å². The molecule has 2 N–H and O–H groups in total. The number of pyridine rings is 1. The van der Waals surface area contributed by atoms with Gasteiger partial charge in [-0.2, -0.15) is 0 Å². The van der Waals surface area contributed by atoms with Gasteiger partial charge >= 0.3 is 0 Å². The van der Waals surface area contributed by atoms with E-state index in [1.807, 2.05) is 6.07 Å². The van der Waals surface area contributed by atoms with Gasteiger partial charge < -0.3 is 15.5 Å². The van der Waals surface area contributed by atoms with Gasteiger partial charge in [0.05, 0.1) is 16.7 Å². The number of halogens is 2. The minimum atomic E-state index is -0.445. The molecule has 0 radical (unpaired) electrons. The molecule has 5 rings (SSSR count). The van der Waals surface area contributed by atoms with E-state index >= 15 is 0 Å². The fourth-order valence-corrected chi connectivity index (χ4v) is 5.03. The van der Waals surface area contributed by atoms with Gasteiger partial charge in [-0.15, -0.1) is 0 Å². The molecule has 4 heterocycles. The Morgan fingerprint density at radius 2 is 1.77 bits per heavy atom. The van der Waals surface area contributed by atoms with Crippen molar-refractivity contribution in [3.05, 3.63) is 47.6 Å². The highest BCUT2D eigenvalue weighted by Crippen LogP contribution is 2.33. The van der Waals surface area contributed by atoms with Gasteiger partial charge in [-0.1, -0.05) is 11.6 Å². The van der Waals surface area contributed by atoms with E-state index in [1.165, 1.54) is 38.1 Å². The Balaban J connectivity index is 1.34. The first-order chi connectivity index (χ1) is 15.2. The van der Waals surface area contributed by atoms with Crippen LogP contribution in [0, 0.1) is 17.7 Å². The van der Waals surface area contributed by atoms with E-state index in [0.717, 1.165) is 54.7 Å². The maximum Gasteiger partial charge on any atom is 0.141 e. The normalized spacial score (nSPS) is 18.5. The molecule has 3 aromatic rings. The van der Waals surface area contributed by atoms with E-state index in [2.05, 4.69) is 30.5 Å².